The Balaban J connectivity index is 1.37. The van der Waals surface area contributed by atoms with Crippen LogP contribution in [0.4, 0.5) is 0 Å². The molecular weight excluding hydrogens is 360 g/mol. The Bertz CT molecular complexity index is 781. The van der Waals surface area contributed by atoms with Gasteiger partial charge in [-0.3, -0.25) is 4.79 Å². The first-order valence-corrected chi connectivity index (χ1v) is 10.3. The molecule has 4 bridgehead atoms. The first-order chi connectivity index (χ1) is 13.3. The van der Waals surface area contributed by atoms with Gasteiger partial charge in [0.15, 0.2) is 0 Å². The number of hydrogen-bond acceptors (Lipinski definition) is 6. The van der Waals surface area contributed by atoms with E-state index in [-0.39, 0.29) is 24.0 Å². The second-order valence-electron chi connectivity index (χ2n) is 9.65. The molecule has 1 saturated heterocycles. The zero-order valence-corrected chi connectivity index (χ0v) is 16.1. The predicted octanol–water partition coefficient (Wildman–Crippen LogP) is 2.86. The molecular formula is C22H26O6. The normalized spacial score (nSPS) is 44.9. The molecule has 1 aliphatic heterocycles. The van der Waals surface area contributed by atoms with E-state index in [1.165, 1.54) is 0 Å². The van der Waals surface area contributed by atoms with Gasteiger partial charge in [-0.25, -0.2) is 9.59 Å². The lowest BCUT2D eigenvalue weighted by molar-refractivity contribution is -0.213. The molecule has 0 spiro atoms. The summed E-state index contributed by atoms with van der Waals surface area (Å²) >= 11 is 0. The third-order valence-corrected chi connectivity index (χ3v) is 7.36. The number of esters is 3. The summed E-state index contributed by atoms with van der Waals surface area (Å²) in [6.07, 6.45) is 8.10. The summed E-state index contributed by atoms with van der Waals surface area (Å²) in [7, 11) is 0. The Morgan fingerprint density at radius 2 is 1.93 bits per heavy atom. The highest BCUT2D eigenvalue weighted by atomic mass is 16.6. The molecule has 0 amide bonds. The second-order valence-corrected chi connectivity index (χ2v) is 9.65. The van der Waals surface area contributed by atoms with Crippen molar-refractivity contribution < 1.29 is 28.6 Å². The van der Waals surface area contributed by atoms with Gasteiger partial charge in [0.05, 0.1) is 11.3 Å². The van der Waals surface area contributed by atoms with Crippen LogP contribution in [0.3, 0.4) is 0 Å². The minimum atomic E-state index is -0.825. The lowest BCUT2D eigenvalue weighted by Gasteiger charge is -2.59. The average Bonchev–Trinajstić information content (AvgIpc) is 3.15. The maximum atomic E-state index is 13.3. The molecule has 0 aromatic rings. The van der Waals surface area contributed by atoms with Gasteiger partial charge in [-0.2, -0.15) is 0 Å². The Labute approximate surface area is 164 Å². The molecule has 5 unspecified atom stereocenters. The van der Waals surface area contributed by atoms with Gasteiger partial charge in [-0.15, -0.1) is 0 Å². The first kappa shape index (κ1) is 18.0. The standard InChI is InChI=1S/C22H26O6/c1-12(2)18(23)28-22-9-13-6-14(10-22)8-21(7-13,11-22)20(25)27-17-15-4-3-5-16(15)26-19(17)24/h3,5,13-17H,1,4,6-11H2,2H3. The highest BCUT2D eigenvalue weighted by Crippen LogP contribution is 2.63. The van der Waals surface area contributed by atoms with Crippen molar-refractivity contribution in [3.8, 4) is 0 Å². The van der Waals surface area contributed by atoms with Crippen LogP contribution in [0.1, 0.15) is 51.9 Å². The number of fused-ring (bicyclic) bond motifs is 1. The molecule has 4 saturated carbocycles. The third kappa shape index (κ3) is 2.64. The van der Waals surface area contributed by atoms with Crippen molar-refractivity contribution in [3.63, 3.8) is 0 Å². The third-order valence-electron chi connectivity index (χ3n) is 7.36. The molecule has 1 heterocycles. The maximum Gasteiger partial charge on any atom is 0.348 e. The summed E-state index contributed by atoms with van der Waals surface area (Å²) in [6, 6.07) is 0. The highest BCUT2D eigenvalue weighted by molar-refractivity contribution is 5.88. The number of hydrogen-bond donors (Lipinski definition) is 0. The van der Waals surface area contributed by atoms with Gasteiger partial charge in [0.2, 0.25) is 6.10 Å². The van der Waals surface area contributed by atoms with E-state index in [9.17, 15) is 14.4 Å². The zero-order valence-electron chi connectivity index (χ0n) is 16.1. The summed E-state index contributed by atoms with van der Waals surface area (Å²) < 4.78 is 17.0. The molecule has 6 nitrogen and oxygen atoms in total. The summed E-state index contributed by atoms with van der Waals surface area (Å²) in [5, 5.41) is 0. The molecule has 0 aromatic carbocycles. The van der Waals surface area contributed by atoms with Crippen LogP contribution in [0.15, 0.2) is 24.3 Å². The fourth-order valence-corrected chi connectivity index (χ4v) is 6.64. The van der Waals surface area contributed by atoms with Gasteiger partial charge in [0.25, 0.3) is 0 Å². The number of ether oxygens (including phenoxy) is 3. The van der Waals surface area contributed by atoms with Crippen LogP contribution in [-0.4, -0.2) is 35.7 Å². The molecule has 150 valence electrons. The van der Waals surface area contributed by atoms with Crippen molar-refractivity contribution >= 4 is 17.9 Å². The highest BCUT2D eigenvalue weighted by Gasteiger charge is 2.64. The van der Waals surface area contributed by atoms with Crippen molar-refractivity contribution in [2.75, 3.05) is 0 Å². The van der Waals surface area contributed by atoms with Gasteiger partial charge in [0, 0.05) is 12.0 Å². The Morgan fingerprint density at radius 1 is 1.21 bits per heavy atom. The van der Waals surface area contributed by atoms with Crippen LogP contribution in [0.5, 0.6) is 0 Å². The fraction of sp³-hybridized carbons (Fsp3) is 0.682. The van der Waals surface area contributed by atoms with Gasteiger partial charge in [-0.1, -0.05) is 12.7 Å². The summed E-state index contributed by atoms with van der Waals surface area (Å²) in [4.78, 5) is 37.8. The van der Waals surface area contributed by atoms with E-state index in [2.05, 4.69) is 6.58 Å². The van der Waals surface area contributed by atoms with E-state index >= 15 is 0 Å². The molecule has 28 heavy (non-hydrogen) atoms. The quantitative estimate of drug-likeness (QED) is 0.320. The topological polar surface area (TPSA) is 78.9 Å². The SMILES string of the molecule is C=C(C)C(=O)OC12CC3CC(C1)CC(C(=O)OC1C(=O)OC4C=CCC41)(C3)C2. The Kier molecular flexibility index (Phi) is 3.81. The number of carbonyl (C=O) groups is 3. The van der Waals surface area contributed by atoms with Crippen LogP contribution < -0.4 is 0 Å². The largest absolute Gasteiger partial charge is 0.456 e. The van der Waals surface area contributed by atoms with Crippen molar-refractivity contribution in [3.05, 3.63) is 24.3 Å². The zero-order chi connectivity index (χ0) is 19.7. The molecule has 5 aliphatic carbocycles. The number of carbonyl (C=O) groups excluding carboxylic acids is 3. The van der Waals surface area contributed by atoms with Crippen molar-refractivity contribution in [2.24, 2.45) is 23.2 Å². The van der Waals surface area contributed by atoms with Gasteiger partial charge in [-0.05, 0) is 63.4 Å². The molecule has 6 heteroatoms. The van der Waals surface area contributed by atoms with Crippen molar-refractivity contribution in [1.29, 1.82) is 0 Å². The van der Waals surface area contributed by atoms with Crippen LogP contribution in [0.25, 0.3) is 0 Å². The number of rotatable bonds is 4. The van der Waals surface area contributed by atoms with Crippen LogP contribution in [0.2, 0.25) is 0 Å². The molecule has 0 N–H and O–H groups in total. The molecule has 6 aliphatic rings. The van der Waals surface area contributed by atoms with Crippen molar-refractivity contribution in [1.82, 2.24) is 0 Å². The predicted molar refractivity (Wildman–Crippen MR) is 97.8 cm³/mol. The van der Waals surface area contributed by atoms with Gasteiger partial charge in [0.1, 0.15) is 11.7 Å². The molecule has 6 rings (SSSR count). The van der Waals surface area contributed by atoms with Crippen molar-refractivity contribution in [2.45, 2.75) is 69.7 Å². The van der Waals surface area contributed by atoms with Crippen LogP contribution in [-0.2, 0) is 28.6 Å². The minimum absolute atomic E-state index is 0.111. The molecule has 0 radical (unpaired) electrons. The van der Waals surface area contributed by atoms with E-state index in [0.29, 0.717) is 30.3 Å². The van der Waals surface area contributed by atoms with Gasteiger partial charge < -0.3 is 14.2 Å². The minimum Gasteiger partial charge on any atom is -0.456 e. The van der Waals surface area contributed by atoms with E-state index in [1.807, 2.05) is 12.2 Å². The maximum absolute atomic E-state index is 13.3. The van der Waals surface area contributed by atoms with Crippen LogP contribution in [0, 0.1) is 23.2 Å². The molecule has 0 aromatic heterocycles. The van der Waals surface area contributed by atoms with E-state index in [0.717, 1.165) is 32.1 Å². The van der Waals surface area contributed by atoms with Gasteiger partial charge >= 0.3 is 17.9 Å². The monoisotopic (exact) mass is 386 g/mol. The van der Waals surface area contributed by atoms with E-state index in [4.69, 9.17) is 14.2 Å². The molecule has 5 fully saturated rings. The summed E-state index contributed by atoms with van der Waals surface area (Å²) in [6.45, 7) is 5.33. The molecule has 5 atom stereocenters. The fourth-order valence-electron chi connectivity index (χ4n) is 6.64. The second kappa shape index (κ2) is 5.94. The lowest BCUT2D eigenvalue weighted by atomic mass is 9.48. The summed E-state index contributed by atoms with van der Waals surface area (Å²) in [5.41, 5.74) is -0.891. The summed E-state index contributed by atoms with van der Waals surface area (Å²) in [5.74, 6) is -0.552. The lowest BCUT2D eigenvalue weighted by Crippen LogP contribution is -2.60. The van der Waals surface area contributed by atoms with Crippen LogP contribution >= 0.6 is 0 Å². The smallest absolute Gasteiger partial charge is 0.348 e. The number of allylic oxidation sites excluding steroid dienone is 1. The van der Waals surface area contributed by atoms with E-state index in [1.54, 1.807) is 6.92 Å². The Hall–Kier alpha value is -2.11. The average molecular weight is 386 g/mol. The first-order valence-electron chi connectivity index (χ1n) is 10.3. The van der Waals surface area contributed by atoms with E-state index < -0.39 is 23.1 Å². The Morgan fingerprint density at radius 3 is 2.61 bits per heavy atom.